The number of hydrogen-bond acceptors (Lipinski definition) is 3. The van der Waals surface area contributed by atoms with E-state index in [1.165, 1.54) is 5.56 Å². The van der Waals surface area contributed by atoms with Crippen LogP contribution < -0.4 is 10.1 Å². The Morgan fingerprint density at radius 3 is 2.59 bits per heavy atom. The number of ether oxygens (including phenoxy) is 1. The highest BCUT2D eigenvalue weighted by Crippen LogP contribution is 2.22. The third kappa shape index (κ3) is 6.23. The van der Waals surface area contributed by atoms with E-state index in [4.69, 9.17) is 4.74 Å². The smallest absolute Gasteiger partial charge is 0.322 e. The van der Waals surface area contributed by atoms with Crippen molar-refractivity contribution in [1.82, 2.24) is 9.80 Å². The van der Waals surface area contributed by atoms with E-state index in [1.807, 2.05) is 29.2 Å². The lowest BCUT2D eigenvalue weighted by Gasteiger charge is -2.38. The standard InChI is InChI=1S/C24H33N3O2/c1-3-4-15-27(24(28)25-21-11-8-12-23(18-21)29-2)22-13-16-26(17-14-22)19-20-9-6-5-7-10-20/h5-12,18,22H,3-4,13-17,19H2,1-2H3,(H,25,28). The number of carbonyl (C=O) groups is 1. The summed E-state index contributed by atoms with van der Waals surface area (Å²) in [5.74, 6) is 0.747. The molecule has 1 fully saturated rings. The fraction of sp³-hybridized carbons (Fsp3) is 0.458. The van der Waals surface area contributed by atoms with E-state index in [-0.39, 0.29) is 6.03 Å². The maximum absolute atomic E-state index is 13.1. The predicted octanol–water partition coefficient (Wildman–Crippen LogP) is 4.99. The van der Waals surface area contributed by atoms with Gasteiger partial charge in [0.25, 0.3) is 0 Å². The predicted molar refractivity (Wildman–Crippen MR) is 118 cm³/mol. The zero-order valence-corrected chi connectivity index (χ0v) is 17.6. The first-order chi connectivity index (χ1) is 14.2. The third-order valence-electron chi connectivity index (χ3n) is 5.58. The molecule has 1 saturated heterocycles. The van der Waals surface area contributed by atoms with Gasteiger partial charge in [-0.25, -0.2) is 4.79 Å². The van der Waals surface area contributed by atoms with Crippen LogP contribution in [0.4, 0.5) is 10.5 Å². The van der Waals surface area contributed by atoms with Crippen LogP contribution in [0.15, 0.2) is 54.6 Å². The number of rotatable bonds is 8. The Morgan fingerprint density at radius 1 is 1.14 bits per heavy atom. The summed E-state index contributed by atoms with van der Waals surface area (Å²) < 4.78 is 5.27. The van der Waals surface area contributed by atoms with E-state index < -0.39 is 0 Å². The Bertz CT molecular complexity index is 758. The van der Waals surface area contributed by atoms with Gasteiger partial charge in [-0.2, -0.15) is 0 Å². The Hall–Kier alpha value is -2.53. The largest absolute Gasteiger partial charge is 0.497 e. The molecule has 0 atom stereocenters. The highest BCUT2D eigenvalue weighted by atomic mass is 16.5. The molecule has 3 rings (SSSR count). The molecule has 156 valence electrons. The number of amides is 2. The SMILES string of the molecule is CCCCN(C(=O)Nc1cccc(OC)c1)C1CCN(Cc2ccccc2)CC1. The molecule has 1 aliphatic rings. The van der Waals surface area contributed by atoms with Crippen LogP contribution >= 0.6 is 0 Å². The quantitative estimate of drug-likeness (QED) is 0.684. The lowest BCUT2D eigenvalue weighted by molar-refractivity contribution is 0.122. The monoisotopic (exact) mass is 395 g/mol. The van der Waals surface area contributed by atoms with Gasteiger partial charge in [0.1, 0.15) is 5.75 Å². The molecule has 0 unspecified atom stereocenters. The number of likely N-dealkylation sites (tertiary alicyclic amines) is 1. The normalized spacial score (nSPS) is 15.1. The minimum absolute atomic E-state index is 0.00628. The van der Waals surface area contributed by atoms with Crippen LogP contribution in [0.1, 0.15) is 38.2 Å². The van der Waals surface area contributed by atoms with E-state index >= 15 is 0 Å². The Balaban J connectivity index is 1.58. The summed E-state index contributed by atoms with van der Waals surface area (Å²) in [6, 6.07) is 18.4. The third-order valence-corrected chi connectivity index (χ3v) is 5.58. The second-order valence-corrected chi connectivity index (χ2v) is 7.70. The first-order valence-electron chi connectivity index (χ1n) is 10.7. The van der Waals surface area contributed by atoms with Crippen LogP contribution in [0.3, 0.4) is 0 Å². The number of urea groups is 1. The number of piperidine rings is 1. The molecule has 0 radical (unpaired) electrons. The first-order valence-corrected chi connectivity index (χ1v) is 10.7. The lowest BCUT2D eigenvalue weighted by Crippen LogP contribution is -2.49. The molecule has 0 aromatic heterocycles. The van der Waals surface area contributed by atoms with Gasteiger partial charge >= 0.3 is 6.03 Å². The molecule has 0 saturated carbocycles. The van der Waals surface area contributed by atoms with Crippen LogP contribution in [0, 0.1) is 0 Å². The summed E-state index contributed by atoms with van der Waals surface area (Å²) in [4.78, 5) is 17.6. The molecule has 2 amide bonds. The van der Waals surface area contributed by atoms with Crippen molar-refractivity contribution >= 4 is 11.7 Å². The topological polar surface area (TPSA) is 44.8 Å². The van der Waals surface area contributed by atoms with Gasteiger partial charge in [0.2, 0.25) is 0 Å². The van der Waals surface area contributed by atoms with Crippen LogP contribution in [0.2, 0.25) is 0 Å². The lowest BCUT2D eigenvalue weighted by atomic mass is 10.0. The van der Waals surface area contributed by atoms with Crippen molar-refractivity contribution in [2.24, 2.45) is 0 Å². The number of hydrogen-bond donors (Lipinski definition) is 1. The molecule has 0 aliphatic carbocycles. The van der Waals surface area contributed by atoms with E-state index in [2.05, 4.69) is 47.5 Å². The Kier molecular flexibility index (Phi) is 7.94. The zero-order valence-electron chi connectivity index (χ0n) is 17.6. The van der Waals surface area contributed by atoms with Crippen molar-refractivity contribution in [2.75, 3.05) is 32.1 Å². The summed E-state index contributed by atoms with van der Waals surface area (Å²) in [7, 11) is 1.64. The Labute approximate surface area is 174 Å². The van der Waals surface area contributed by atoms with E-state index in [1.54, 1.807) is 7.11 Å². The van der Waals surface area contributed by atoms with Gasteiger partial charge in [0.05, 0.1) is 7.11 Å². The summed E-state index contributed by atoms with van der Waals surface area (Å²) in [6.45, 7) is 6.00. The van der Waals surface area contributed by atoms with E-state index in [0.29, 0.717) is 6.04 Å². The number of nitrogens with zero attached hydrogens (tertiary/aromatic N) is 2. The number of benzene rings is 2. The van der Waals surface area contributed by atoms with Gasteiger partial charge in [-0.05, 0) is 37.0 Å². The number of methoxy groups -OCH3 is 1. The van der Waals surface area contributed by atoms with Gasteiger partial charge in [-0.3, -0.25) is 4.90 Å². The van der Waals surface area contributed by atoms with Gasteiger partial charge in [0.15, 0.2) is 0 Å². The van der Waals surface area contributed by atoms with Crippen molar-refractivity contribution in [1.29, 1.82) is 0 Å². The summed E-state index contributed by atoms with van der Waals surface area (Å²) in [6.07, 6.45) is 4.13. The first kappa shape index (κ1) is 21.2. The number of carbonyl (C=O) groups excluding carboxylic acids is 1. The highest BCUT2D eigenvalue weighted by Gasteiger charge is 2.27. The van der Waals surface area contributed by atoms with E-state index in [9.17, 15) is 4.79 Å². The summed E-state index contributed by atoms with van der Waals surface area (Å²) >= 11 is 0. The summed E-state index contributed by atoms with van der Waals surface area (Å²) in [5.41, 5.74) is 2.13. The zero-order chi connectivity index (χ0) is 20.5. The fourth-order valence-electron chi connectivity index (χ4n) is 3.91. The van der Waals surface area contributed by atoms with Gasteiger partial charge in [0, 0.05) is 44.0 Å². The maximum atomic E-state index is 13.1. The van der Waals surface area contributed by atoms with Crippen molar-refractivity contribution < 1.29 is 9.53 Å². The van der Waals surface area contributed by atoms with Crippen molar-refractivity contribution in [3.63, 3.8) is 0 Å². The fourth-order valence-corrected chi connectivity index (χ4v) is 3.91. The highest BCUT2D eigenvalue weighted by molar-refractivity contribution is 5.89. The molecule has 2 aromatic rings. The molecule has 5 nitrogen and oxygen atoms in total. The second kappa shape index (κ2) is 10.9. The van der Waals surface area contributed by atoms with Crippen LogP contribution in [-0.2, 0) is 6.54 Å². The Morgan fingerprint density at radius 2 is 1.90 bits per heavy atom. The molecular formula is C24H33N3O2. The number of anilines is 1. The van der Waals surface area contributed by atoms with Crippen LogP contribution in [0.25, 0.3) is 0 Å². The van der Waals surface area contributed by atoms with Gasteiger partial charge < -0.3 is 15.0 Å². The van der Waals surface area contributed by atoms with Gasteiger partial charge in [-0.1, -0.05) is 49.7 Å². The maximum Gasteiger partial charge on any atom is 0.322 e. The molecular weight excluding hydrogens is 362 g/mol. The molecule has 1 N–H and O–H groups in total. The number of unbranched alkanes of at least 4 members (excludes halogenated alkanes) is 1. The average molecular weight is 396 g/mol. The minimum atomic E-state index is -0.00628. The van der Waals surface area contributed by atoms with Gasteiger partial charge in [-0.15, -0.1) is 0 Å². The molecule has 1 aliphatic heterocycles. The second-order valence-electron chi connectivity index (χ2n) is 7.70. The molecule has 5 heteroatoms. The molecule has 29 heavy (non-hydrogen) atoms. The van der Waals surface area contributed by atoms with Crippen molar-refractivity contribution in [3.8, 4) is 5.75 Å². The molecule has 0 bridgehead atoms. The number of nitrogens with one attached hydrogen (secondary N) is 1. The van der Waals surface area contributed by atoms with Crippen molar-refractivity contribution in [2.45, 2.75) is 45.2 Å². The van der Waals surface area contributed by atoms with Crippen LogP contribution in [0.5, 0.6) is 5.75 Å². The average Bonchev–Trinajstić information content (AvgIpc) is 2.76. The minimum Gasteiger partial charge on any atom is -0.497 e. The summed E-state index contributed by atoms with van der Waals surface area (Å²) in [5, 5.41) is 3.07. The van der Waals surface area contributed by atoms with E-state index in [0.717, 1.165) is 63.3 Å². The van der Waals surface area contributed by atoms with Crippen LogP contribution in [-0.4, -0.2) is 48.6 Å². The molecule has 1 heterocycles. The van der Waals surface area contributed by atoms with Crippen molar-refractivity contribution in [3.05, 3.63) is 60.2 Å². The molecule has 0 spiro atoms. The molecule has 2 aromatic carbocycles.